The number of halogens is 1. The summed E-state index contributed by atoms with van der Waals surface area (Å²) in [6, 6.07) is 11.9. The zero-order valence-electron chi connectivity index (χ0n) is 20.8. The van der Waals surface area contributed by atoms with Gasteiger partial charge in [0.2, 0.25) is 21.8 Å². The van der Waals surface area contributed by atoms with Gasteiger partial charge in [-0.15, -0.1) is 0 Å². The molecule has 0 saturated heterocycles. The topological polar surface area (TPSA) is 86.8 Å². The second kappa shape index (κ2) is 11.4. The monoisotopic (exact) mass is 519 g/mol. The van der Waals surface area contributed by atoms with Crippen molar-refractivity contribution >= 4 is 39.1 Å². The van der Waals surface area contributed by atoms with Gasteiger partial charge >= 0.3 is 0 Å². The zero-order valence-corrected chi connectivity index (χ0v) is 22.3. The highest BCUT2D eigenvalue weighted by atomic mass is 35.5. The molecule has 0 aliphatic heterocycles. The van der Waals surface area contributed by atoms with Crippen LogP contribution in [0.2, 0.25) is 5.02 Å². The van der Waals surface area contributed by atoms with Gasteiger partial charge in [-0.25, -0.2) is 8.42 Å². The predicted octanol–water partition coefficient (Wildman–Crippen LogP) is 4.20. The summed E-state index contributed by atoms with van der Waals surface area (Å²) in [5.41, 5.74) is 3.04. The Labute approximate surface area is 213 Å². The Morgan fingerprint density at radius 1 is 1.09 bits per heavy atom. The van der Waals surface area contributed by atoms with Crippen LogP contribution in [-0.4, -0.2) is 50.0 Å². The van der Waals surface area contributed by atoms with Gasteiger partial charge < -0.3 is 10.2 Å². The van der Waals surface area contributed by atoms with Crippen LogP contribution in [0.15, 0.2) is 42.5 Å². The molecule has 2 amide bonds. The van der Waals surface area contributed by atoms with Crippen molar-refractivity contribution in [2.75, 3.05) is 17.1 Å². The molecule has 1 aliphatic carbocycles. The van der Waals surface area contributed by atoms with Crippen molar-refractivity contribution in [3.8, 4) is 0 Å². The minimum atomic E-state index is -3.79. The van der Waals surface area contributed by atoms with Gasteiger partial charge in [-0.3, -0.25) is 13.9 Å². The van der Waals surface area contributed by atoms with Crippen LogP contribution in [0.1, 0.15) is 49.3 Å². The zero-order chi connectivity index (χ0) is 25.8. The number of nitrogens with zero attached hydrogens (tertiary/aromatic N) is 2. The molecule has 1 fully saturated rings. The lowest BCUT2D eigenvalue weighted by Crippen LogP contribution is -2.52. The summed E-state index contributed by atoms with van der Waals surface area (Å²) < 4.78 is 26.3. The maximum Gasteiger partial charge on any atom is 0.244 e. The highest BCUT2D eigenvalue weighted by Crippen LogP contribution is 2.25. The third-order valence-electron chi connectivity index (χ3n) is 6.46. The first-order chi connectivity index (χ1) is 16.5. The number of rotatable bonds is 9. The second-order valence-corrected chi connectivity index (χ2v) is 11.7. The molecule has 1 unspecified atom stereocenters. The maximum absolute atomic E-state index is 13.6. The van der Waals surface area contributed by atoms with Crippen LogP contribution in [0.25, 0.3) is 0 Å². The molecular formula is C26H34ClN3O4S. The molecule has 1 saturated carbocycles. The summed E-state index contributed by atoms with van der Waals surface area (Å²) in [5.74, 6) is -0.705. The van der Waals surface area contributed by atoms with Crippen LogP contribution < -0.4 is 9.62 Å². The summed E-state index contributed by atoms with van der Waals surface area (Å²) in [4.78, 5) is 28.1. The van der Waals surface area contributed by atoms with Crippen molar-refractivity contribution in [2.24, 2.45) is 0 Å². The van der Waals surface area contributed by atoms with Gasteiger partial charge in [0.05, 0.1) is 11.9 Å². The molecule has 0 radical (unpaired) electrons. The molecule has 0 aromatic heterocycles. The number of carbonyl (C=O) groups is 2. The summed E-state index contributed by atoms with van der Waals surface area (Å²) >= 11 is 6.23. The van der Waals surface area contributed by atoms with E-state index in [4.69, 9.17) is 11.6 Å². The third kappa shape index (κ3) is 7.21. The van der Waals surface area contributed by atoms with Crippen molar-refractivity contribution < 1.29 is 18.0 Å². The number of benzene rings is 2. The van der Waals surface area contributed by atoms with E-state index in [1.807, 2.05) is 38.1 Å². The Morgan fingerprint density at radius 3 is 2.29 bits per heavy atom. The van der Waals surface area contributed by atoms with Crippen molar-refractivity contribution in [3.05, 3.63) is 64.2 Å². The summed E-state index contributed by atoms with van der Waals surface area (Å²) in [6.45, 7) is 5.22. The van der Waals surface area contributed by atoms with Gasteiger partial charge in [-0.1, -0.05) is 60.3 Å². The van der Waals surface area contributed by atoms with E-state index < -0.39 is 28.5 Å². The van der Waals surface area contributed by atoms with Gasteiger partial charge in [-0.05, 0) is 56.9 Å². The molecule has 9 heteroatoms. The number of anilines is 1. The number of sulfonamides is 1. The van der Waals surface area contributed by atoms with E-state index in [2.05, 4.69) is 5.32 Å². The standard InChI is InChI=1S/C26H34ClN3O4S/c1-18-9-12-21(13-10-18)16-29(20(3)26(32)28-22-7-5-6-8-22)25(31)17-30(35(4,33)34)23-14-11-19(2)24(27)15-23/h9-15,20,22H,5-8,16-17H2,1-4H3,(H,28,32). The van der Waals surface area contributed by atoms with E-state index in [0.717, 1.165) is 52.9 Å². The molecule has 1 aliphatic rings. The van der Waals surface area contributed by atoms with Crippen LogP contribution >= 0.6 is 11.6 Å². The lowest BCUT2D eigenvalue weighted by molar-refractivity contribution is -0.139. The number of hydrogen-bond donors (Lipinski definition) is 1. The van der Waals surface area contributed by atoms with Crippen molar-refractivity contribution in [3.63, 3.8) is 0 Å². The van der Waals surface area contributed by atoms with Crippen LogP contribution in [0.5, 0.6) is 0 Å². The molecule has 2 aromatic carbocycles. The van der Waals surface area contributed by atoms with Crippen molar-refractivity contribution in [2.45, 2.75) is 65.1 Å². The first-order valence-corrected chi connectivity index (χ1v) is 14.1. The van der Waals surface area contributed by atoms with E-state index in [9.17, 15) is 18.0 Å². The predicted molar refractivity (Wildman–Crippen MR) is 140 cm³/mol. The lowest BCUT2D eigenvalue weighted by atomic mass is 10.1. The molecule has 0 spiro atoms. The summed E-state index contributed by atoms with van der Waals surface area (Å²) in [5, 5.41) is 3.46. The quantitative estimate of drug-likeness (QED) is 0.538. The average molecular weight is 520 g/mol. The molecule has 3 rings (SSSR count). The highest BCUT2D eigenvalue weighted by molar-refractivity contribution is 7.92. The van der Waals surface area contributed by atoms with Crippen LogP contribution in [0.4, 0.5) is 5.69 Å². The van der Waals surface area contributed by atoms with E-state index in [0.29, 0.717) is 10.7 Å². The number of carbonyl (C=O) groups excluding carboxylic acids is 2. The number of amides is 2. The molecule has 2 aromatic rings. The molecule has 190 valence electrons. The minimum Gasteiger partial charge on any atom is -0.352 e. The smallest absolute Gasteiger partial charge is 0.244 e. The average Bonchev–Trinajstić information content (AvgIpc) is 3.30. The molecular weight excluding hydrogens is 486 g/mol. The van der Waals surface area contributed by atoms with E-state index in [1.165, 1.54) is 11.0 Å². The van der Waals surface area contributed by atoms with E-state index in [-0.39, 0.29) is 18.5 Å². The fraction of sp³-hybridized carbons (Fsp3) is 0.462. The molecule has 1 N–H and O–H groups in total. The van der Waals surface area contributed by atoms with Gasteiger partial charge in [-0.2, -0.15) is 0 Å². The Bertz CT molecular complexity index is 1160. The van der Waals surface area contributed by atoms with Crippen LogP contribution in [0.3, 0.4) is 0 Å². The molecule has 0 bridgehead atoms. The highest BCUT2D eigenvalue weighted by Gasteiger charge is 2.31. The lowest BCUT2D eigenvalue weighted by Gasteiger charge is -2.32. The Hall–Kier alpha value is -2.58. The van der Waals surface area contributed by atoms with Gasteiger partial charge in [0.25, 0.3) is 0 Å². The largest absolute Gasteiger partial charge is 0.352 e. The van der Waals surface area contributed by atoms with Crippen LogP contribution in [0, 0.1) is 13.8 Å². The summed E-state index contributed by atoms with van der Waals surface area (Å²) in [7, 11) is -3.79. The van der Waals surface area contributed by atoms with Gasteiger partial charge in [0, 0.05) is 17.6 Å². The first-order valence-electron chi connectivity index (χ1n) is 11.8. The first kappa shape index (κ1) is 27.0. The molecule has 1 atom stereocenters. The fourth-order valence-electron chi connectivity index (χ4n) is 4.22. The second-order valence-electron chi connectivity index (χ2n) is 9.38. The number of aryl methyl sites for hydroxylation is 2. The third-order valence-corrected chi connectivity index (χ3v) is 8.01. The number of nitrogens with one attached hydrogen (secondary N) is 1. The maximum atomic E-state index is 13.6. The van der Waals surface area contributed by atoms with Crippen molar-refractivity contribution in [1.82, 2.24) is 10.2 Å². The number of hydrogen-bond acceptors (Lipinski definition) is 4. The van der Waals surface area contributed by atoms with Gasteiger partial charge in [0.1, 0.15) is 12.6 Å². The molecule has 0 heterocycles. The normalized spacial score (nSPS) is 15.0. The Kier molecular flexibility index (Phi) is 8.83. The van der Waals surface area contributed by atoms with E-state index >= 15 is 0 Å². The van der Waals surface area contributed by atoms with E-state index in [1.54, 1.807) is 19.1 Å². The fourth-order valence-corrected chi connectivity index (χ4v) is 5.23. The minimum absolute atomic E-state index is 0.114. The Morgan fingerprint density at radius 2 is 1.71 bits per heavy atom. The molecule has 35 heavy (non-hydrogen) atoms. The Balaban J connectivity index is 1.88. The van der Waals surface area contributed by atoms with Gasteiger partial charge in [0.15, 0.2) is 0 Å². The van der Waals surface area contributed by atoms with Crippen molar-refractivity contribution in [1.29, 1.82) is 0 Å². The molecule has 7 nitrogen and oxygen atoms in total. The summed E-state index contributed by atoms with van der Waals surface area (Å²) in [6.07, 6.45) is 5.07. The van der Waals surface area contributed by atoms with Crippen LogP contribution in [-0.2, 0) is 26.2 Å². The SMILES string of the molecule is Cc1ccc(CN(C(=O)CN(c2ccc(C)c(Cl)c2)S(C)(=O)=O)C(C)C(=O)NC2CCCC2)cc1.